The third-order valence-corrected chi connectivity index (χ3v) is 5.96. The van der Waals surface area contributed by atoms with E-state index in [1.54, 1.807) is 11.3 Å². The fourth-order valence-electron chi connectivity index (χ4n) is 3.40. The van der Waals surface area contributed by atoms with Crippen molar-refractivity contribution in [3.05, 3.63) is 50.9 Å². The number of hydrogen-bond acceptors (Lipinski definition) is 5. The van der Waals surface area contributed by atoms with Crippen LogP contribution in [0.4, 0.5) is 10.1 Å². The van der Waals surface area contributed by atoms with Crippen LogP contribution < -0.4 is 4.90 Å². The monoisotopic (exact) mass is 393 g/mol. The van der Waals surface area contributed by atoms with Crippen LogP contribution in [-0.4, -0.2) is 54.3 Å². The molecule has 3 heterocycles. The lowest BCUT2D eigenvalue weighted by Crippen LogP contribution is -2.50. The zero-order valence-corrected chi connectivity index (χ0v) is 15.5. The standard InChI is InChI=1S/C18H17ClFN3O2S/c19-13-3-4-14(20)16-15(13)17(24)18(25)23(16)11-22-7-5-21(6-8-22)10-12-2-1-9-26-12/h1-4,9H,5-8,10-11H2. The number of halogens is 2. The Morgan fingerprint density at radius 3 is 2.50 bits per heavy atom. The molecule has 1 aromatic heterocycles. The largest absolute Gasteiger partial charge is 0.300 e. The van der Waals surface area contributed by atoms with E-state index in [1.807, 2.05) is 6.07 Å². The summed E-state index contributed by atoms with van der Waals surface area (Å²) < 4.78 is 14.3. The van der Waals surface area contributed by atoms with Crippen molar-refractivity contribution in [3.8, 4) is 0 Å². The van der Waals surface area contributed by atoms with E-state index >= 15 is 0 Å². The number of amides is 1. The van der Waals surface area contributed by atoms with Gasteiger partial charge in [0.2, 0.25) is 0 Å². The summed E-state index contributed by atoms with van der Waals surface area (Å²) in [6, 6.07) is 6.67. The second-order valence-electron chi connectivity index (χ2n) is 6.43. The number of ketones is 1. The van der Waals surface area contributed by atoms with Crippen LogP contribution in [0.5, 0.6) is 0 Å². The Bertz CT molecular complexity index is 850. The molecule has 0 N–H and O–H groups in total. The fraction of sp³-hybridized carbons (Fsp3) is 0.333. The van der Waals surface area contributed by atoms with Crippen LogP contribution in [0, 0.1) is 5.82 Å². The molecule has 1 amide bonds. The van der Waals surface area contributed by atoms with Gasteiger partial charge in [-0.3, -0.25) is 24.3 Å². The predicted molar refractivity (Wildman–Crippen MR) is 99.3 cm³/mol. The zero-order valence-electron chi connectivity index (χ0n) is 14.0. The molecule has 0 aliphatic carbocycles. The lowest BCUT2D eigenvalue weighted by atomic mass is 10.1. The molecule has 8 heteroatoms. The second kappa shape index (κ2) is 7.08. The van der Waals surface area contributed by atoms with E-state index in [0.717, 1.165) is 32.7 Å². The highest BCUT2D eigenvalue weighted by Gasteiger charge is 2.40. The van der Waals surface area contributed by atoms with Crippen LogP contribution in [0.2, 0.25) is 5.02 Å². The van der Waals surface area contributed by atoms with Gasteiger partial charge in [0, 0.05) is 37.6 Å². The van der Waals surface area contributed by atoms with E-state index < -0.39 is 17.5 Å². The number of carbonyl (C=O) groups is 2. The first-order valence-corrected chi connectivity index (χ1v) is 9.61. The Hall–Kier alpha value is -1.80. The van der Waals surface area contributed by atoms with Crippen molar-refractivity contribution in [2.75, 3.05) is 37.7 Å². The molecule has 0 radical (unpaired) electrons. The van der Waals surface area contributed by atoms with Crippen molar-refractivity contribution >= 4 is 40.3 Å². The molecular formula is C18H17ClFN3O2S. The molecule has 0 unspecified atom stereocenters. The lowest BCUT2D eigenvalue weighted by molar-refractivity contribution is -0.114. The molecule has 5 nitrogen and oxygen atoms in total. The van der Waals surface area contributed by atoms with Gasteiger partial charge in [-0.2, -0.15) is 0 Å². The van der Waals surface area contributed by atoms with Crippen LogP contribution in [-0.2, 0) is 11.3 Å². The van der Waals surface area contributed by atoms with Gasteiger partial charge in [-0.05, 0) is 23.6 Å². The molecule has 1 fully saturated rings. The van der Waals surface area contributed by atoms with Gasteiger partial charge in [0.25, 0.3) is 5.78 Å². The van der Waals surface area contributed by atoms with Crippen molar-refractivity contribution in [1.82, 2.24) is 9.80 Å². The zero-order chi connectivity index (χ0) is 18.3. The average molecular weight is 394 g/mol. The molecule has 2 aliphatic heterocycles. The summed E-state index contributed by atoms with van der Waals surface area (Å²) in [4.78, 5) is 31.5. The average Bonchev–Trinajstić information content (AvgIpc) is 3.23. The van der Waals surface area contributed by atoms with Crippen molar-refractivity contribution in [2.24, 2.45) is 0 Å². The SMILES string of the molecule is O=C1C(=O)N(CN2CCN(Cc3cccs3)CC2)c2c(F)ccc(Cl)c21. The van der Waals surface area contributed by atoms with Gasteiger partial charge in [0.05, 0.1) is 22.9 Å². The molecule has 0 saturated carbocycles. The van der Waals surface area contributed by atoms with Crippen molar-refractivity contribution in [1.29, 1.82) is 0 Å². The summed E-state index contributed by atoms with van der Waals surface area (Å²) in [6.07, 6.45) is 0. The molecule has 1 saturated heterocycles. The van der Waals surface area contributed by atoms with E-state index in [2.05, 4.69) is 21.2 Å². The van der Waals surface area contributed by atoms with Gasteiger partial charge in [0.1, 0.15) is 5.82 Å². The highest BCUT2D eigenvalue weighted by atomic mass is 35.5. The lowest BCUT2D eigenvalue weighted by Gasteiger charge is -2.36. The number of piperazine rings is 1. The molecule has 26 heavy (non-hydrogen) atoms. The van der Waals surface area contributed by atoms with E-state index in [0.29, 0.717) is 0 Å². The van der Waals surface area contributed by atoms with Gasteiger partial charge in [0.15, 0.2) is 0 Å². The summed E-state index contributed by atoms with van der Waals surface area (Å²) in [5.74, 6) is -2.05. The Balaban J connectivity index is 1.44. The van der Waals surface area contributed by atoms with Crippen LogP contribution in [0.15, 0.2) is 29.6 Å². The summed E-state index contributed by atoms with van der Waals surface area (Å²) in [5.41, 5.74) is -0.0125. The van der Waals surface area contributed by atoms with Crippen molar-refractivity contribution in [2.45, 2.75) is 6.54 Å². The van der Waals surface area contributed by atoms with Gasteiger partial charge in [-0.15, -0.1) is 11.3 Å². The number of carbonyl (C=O) groups excluding carboxylic acids is 2. The van der Waals surface area contributed by atoms with Gasteiger partial charge in [-0.1, -0.05) is 17.7 Å². The van der Waals surface area contributed by atoms with Crippen molar-refractivity contribution < 1.29 is 14.0 Å². The minimum atomic E-state index is -0.735. The Morgan fingerprint density at radius 1 is 1.08 bits per heavy atom. The number of fused-ring (bicyclic) bond motifs is 1. The molecular weight excluding hydrogens is 377 g/mol. The van der Waals surface area contributed by atoms with Gasteiger partial charge in [-0.25, -0.2) is 4.39 Å². The van der Waals surface area contributed by atoms with Gasteiger partial charge < -0.3 is 0 Å². The number of thiophene rings is 1. The number of rotatable bonds is 4. The van der Waals surface area contributed by atoms with E-state index in [-0.39, 0.29) is 22.9 Å². The highest BCUT2D eigenvalue weighted by molar-refractivity contribution is 7.09. The van der Waals surface area contributed by atoms with Crippen LogP contribution in [0.3, 0.4) is 0 Å². The third kappa shape index (κ3) is 3.16. The maximum atomic E-state index is 14.3. The first kappa shape index (κ1) is 17.6. The van der Waals surface area contributed by atoms with E-state index in [4.69, 9.17) is 11.6 Å². The maximum Gasteiger partial charge on any atom is 0.300 e. The fourth-order valence-corrected chi connectivity index (χ4v) is 4.38. The maximum absolute atomic E-state index is 14.3. The van der Waals surface area contributed by atoms with Gasteiger partial charge >= 0.3 is 5.91 Å². The summed E-state index contributed by atoms with van der Waals surface area (Å²) in [7, 11) is 0. The molecule has 2 aromatic rings. The predicted octanol–water partition coefficient (Wildman–Crippen LogP) is 2.85. The Kier molecular flexibility index (Phi) is 4.79. The van der Waals surface area contributed by atoms with Crippen LogP contribution in [0.25, 0.3) is 0 Å². The third-order valence-electron chi connectivity index (χ3n) is 4.78. The number of anilines is 1. The highest BCUT2D eigenvalue weighted by Crippen LogP contribution is 2.36. The molecule has 0 spiro atoms. The molecule has 2 aliphatic rings. The normalized spacial score (nSPS) is 18.6. The number of nitrogens with zero attached hydrogens (tertiary/aromatic N) is 3. The molecule has 4 rings (SSSR count). The minimum Gasteiger partial charge on any atom is -0.296 e. The Morgan fingerprint density at radius 2 is 1.81 bits per heavy atom. The minimum absolute atomic E-state index is 0.00788. The first-order chi connectivity index (χ1) is 12.5. The molecule has 0 atom stereocenters. The number of Topliss-reactive ketones (excluding diaryl/α,β-unsaturated/α-hetero) is 1. The van der Waals surface area contributed by atoms with Crippen molar-refractivity contribution in [3.63, 3.8) is 0 Å². The molecule has 136 valence electrons. The van der Waals surface area contributed by atoms with Crippen LogP contribution in [0.1, 0.15) is 15.2 Å². The smallest absolute Gasteiger partial charge is 0.296 e. The Labute approximate surface area is 159 Å². The number of benzene rings is 1. The summed E-state index contributed by atoms with van der Waals surface area (Å²) >= 11 is 7.75. The number of hydrogen-bond donors (Lipinski definition) is 0. The second-order valence-corrected chi connectivity index (χ2v) is 7.87. The summed E-state index contributed by atoms with van der Waals surface area (Å²) in [6.45, 7) is 4.33. The van der Waals surface area contributed by atoms with E-state index in [1.165, 1.54) is 21.9 Å². The van der Waals surface area contributed by atoms with E-state index in [9.17, 15) is 14.0 Å². The molecule has 1 aromatic carbocycles. The summed E-state index contributed by atoms with van der Waals surface area (Å²) in [5, 5.41) is 2.18. The topological polar surface area (TPSA) is 43.9 Å². The molecule has 0 bridgehead atoms. The first-order valence-electron chi connectivity index (χ1n) is 8.36. The quantitative estimate of drug-likeness (QED) is 0.749. The van der Waals surface area contributed by atoms with Crippen LogP contribution >= 0.6 is 22.9 Å².